The molecule has 0 aliphatic rings. The molecule has 0 amide bonds. The Balaban J connectivity index is 3.42. The Morgan fingerprint density at radius 2 is 1.85 bits per heavy atom. The summed E-state index contributed by atoms with van der Waals surface area (Å²) in [7, 11) is 0. The van der Waals surface area contributed by atoms with Crippen LogP contribution in [0.2, 0.25) is 0 Å². The van der Waals surface area contributed by atoms with Crippen molar-refractivity contribution in [1.29, 1.82) is 0 Å². The minimum Gasteiger partial charge on any atom is -0.0888 e. The molecule has 0 aromatic rings. The summed E-state index contributed by atoms with van der Waals surface area (Å²) >= 11 is 2.20. The molecule has 0 radical (unpaired) electrons. The van der Waals surface area contributed by atoms with Gasteiger partial charge in [0.15, 0.2) is 0 Å². The zero-order valence-electron chi connectivity index (χ0n) is 8.17. The molecule has 13 heavy (non-hydrogen) atoms. The van der Waals surface area contributed by atoms with Crippen LogP contribution in [-0.2, 0) is 0 Å². The number of halogens is 1. The average Bonchev–Trinajstić information content (AvgIpc) is 2.09. The van der Waals surface area contributed by atoms with Crippen LogP contribution in [0.25, 0.3) is 0 Å². The van der Waals surface area contributed by atoms with Gasteiger partial charge in [-0.2, -0.15) is 0 Å². The van der Waals surface area contributed by atoms with Gasteiger partial charge in [-0.3, -0.25) is 0 Å². The maximum atomic E-state index is 3.77. The van der Waals surface area contributed by atoms with Crippen molar-refractivity contribution in [2.75, 3.05) is 0 Å². The van der Waals surface area contributed by atoms with E-state index >= 15 is 0 Å². The van der Waals surface area contributed by atoms with E-state index < -0.39 is 0 Å². The number of allylic oxidation sites excluding steroid dienone is 7. The van der Waals surface area contributed by atoms with Crippen molar-refractivity contribution >= 4 is 22.6 Å². The molecule has 72 valence electrons. The smallest absolute Gasteiger partial charge is 0.00579 e. The summed E-state index contributed by atoms with van der Waals surface area (Å²) in [5, 5.41) is 0. The van der Waals surface area contributed by atoms with Crippen LogP contribution in [0, 0.1) is 0 Å². The second kappa shape index (κ2) is 9.78. The Labute approximate surface area is 95.3 Å². The minimum atomic E-state index is 1.06. The third-order valence-electron chi connectivity index (χ3n) is 1.43. The van der Waals surface area contributed by atoms with Crippen molar-refractivity contribution in [2.45, 2.75) is 26.2 Å². The van der Waals surface area contributed by atoms with Crippen LogP contribution in [0.1, 0.15) is 26.2 Å². The van der Waals surface area contributed by atoms with Gasteiger partial charge in [-0.1, -0.05) is 43.9 Å². The summed E-state index contributed by atoms with van der Waals surface area (Å²) in [6.07, 6.45) is 16.1. The molecule has 0 fully saturated rings. The van der Waals surface area contributed by atoms with E-state index in [1.165, 1.54) is 0 Å². The Morgan fingerprint density at radius 3 is 2.46 bits per heavy atom. The Hall–Kier alpha value is -0.310. The first kappa shape index (κ1) is 12.7. The Kier molecular flexibility index (Phi) is 9.54. The lowest BCUT2D eigenvalue weighted by Crippen LogP contribution is -1.64. The van der Waals surface area contributed by atoms with Crippen LogP contribution >= 0.6 is 22.6 Å². The third kappa shape index (κ3) is 11.7. The molecule has 0 atom stereocenters. The van der Waals surface area contributed by atoms with Crippen LogP contribution < -0.4 is 0 Å². The second-order valence-electron chi connectivity index (χ2n) is 2.69. The first-order chi connectivity index (χ1) is 6.27. The van der Waals surface area contributed by atoms with Crippen LogP contribution in [0.15, 0.2) is 46.6 Å². The fraction of sp³-hybridized carbons (Fsp3) is 0.333. The topological polar surface area (TPSA) is 0 Å². The summed E-state index contributed by atoms with van der Waals surface area (Å²) in [6.45, 7) is 5.92. The van der Waals surface area contributed by atoms with Gasteiger partial charge in [0.2, 0.25) is 0 Å². The molecule has 0 saturated heterocycles. The predicted molar refractivity (Wildman–Crippen MR) is 70.1 cm³/mol. The fourth-order valence-electron chi connectivity index (χ4n) is 0.812. The first-order valence-corrected chi connectivity index (χ1v) is 5.68. The summed E-state index contributed by atoms with van der Waals surface area (Å²) in [5.74, 6) is 0. The van der Waals surface area contributed by atoms with E-state index in [9.17, 15) is 0 Å². The molecule has 0 aromatic heterocycles. The monoisotopic (exact) mass is 288 g/mol. The predicted octanol–water partition coefficient (Wildman–Crippen LogP) is 4.79. The second-order valence-corrected chi connectivity index (χ2v) is 4.08. The number of hydrogen-bond donors (Lipinski definition) is 0. The highest BCUT2D eigenvalue weighted by Gasteiger charge is 1.75. The van der Waals surface area contributed by atoms with Crippen molar-refractivity contribution in [3.8, 4) is 0 Å². The fourth-order valence-corrected chi connectivity index (χ4v) is 1.02. The van der Waals surface area contributed by atoms with Crippen molar-refractivity contribution in [2.24, 2.45) is 0 Å². The summed E-state index contributed by atoms with van der Waals surface area (Å²) in [4.78, 5) is 0. The molecule has 0 unspecified atom stereocenters. The SMILES string of the molecule is C=C(I)/C=C/C=C/CC/C=C\CC. The van der Waals surface area contributed by atoms with E-state index in [0.29, 0.717) is 0 Å². The minimum absolute atomic E-state index is 1.06. The highest BCUT2D eigenvalue weighted by atomic mass is 127. The molecule has 0 N–H and O–H groups in total. The normalized spacial score (nSPS) is 12.2. The van der Waals surface area contributed by atoms with Crippen molar-refractivity contribution in [3.05, 3.63) is 46.6 Å². The lowest BCUT2D eigenvalue weighted by molar-refractivity contribution is 1.04. The van der Waals surface area contributed by atoms with Gasteiger partial charge >= 0.3 is 0 Å². The Morgan fingerprint density at radius 1 is 1.15 bits per heavy atom. The zero-order chi connectivity index (χ0) is 9.94. The highest BCUT2D eigenvalue weighted by Crippen LogP contribution is 2.02. The van der Waals surface area contributed by atoms with Crippen molar-refractivity contribution in [1.82, 2.24) is 0 Å². The molecule has 0 heterocycles. The van der Waals surface area contributed by atoms with Gasteiger partial charge in [0.1, 0.15) is 0 Å². The molecular weight excluding hydrogens is 271 g/mol. The molecule has 1 heteroatoms. The maximum Gasteiger partial charge on any atom is 0.00579 e. The lowest BCUT2D eigenvalue weighted by atomic mass is 10.2. The van der Waals surface area contributed by atoms with Crippen LogP contribution in [0.3, 0.4) is 0 Å². The maximum absolute atomic E-state index is 3.77. The van der Waals surface area contributed by atoms with Crippen LogP contribution in [0.5, 0.6) is 0 Å². The molecular formula is C12H17I. The summed E-state index contributed by atoms with van der Waals surface area (Å²) in [6, 6.07) is 0. The lowest BCUT2D eigenvalue weighted by Gasteiger charge is -1.85. The molecule has 0 rings (SSSR count). The van der Waals surface area contributed by atoms with Crippen LogP contribution in [-0.4, -0.2) is 0 Å². The summed E-state index contributed by atoms with van der Waals surface area (Å²) < 4.78 is 1.06. The van der Waals surface area contributed by atoms with Crippen molar-refractivity contribution in [3.63, 3.8) is 0 Å². The molecule has 0 nitrogen and oxygen atoms in total. The van der Waals surface area contributed by atoms with Crippen LogP contribution in [0.4, 0.5) is 0 Å². The third-order valence-corrected chi connectivity index (χ3v) is 1.79. The molecule has 0 aromatic carbocycles. The number of unbranched alkanes of at least 4 members (excludes halogenated alkanes) is 1. The molecule has 0 aliphatic heterocycles. The van der Waals surface area contributed by atoms with Gasteiger partial charge < -0.3 is 0 Å². The van der Waals surface area contributed by atoms with E-state index in [4.69, 9.17) is 0 Å². The Bertz CT molecular complexity index is 209. The van der Waals surface area contributed by atoms with E-state index in [2.05, 4.69) is 60.4 Å². The van der Waals surface area contributed by atoms with Gasteiger partial charge in [-0.15, -0.1) is 0 Å². The van der Waals surface area contributed by atoms with Gasteiger partial charge in [-0.05, 0) is 47.9 Å². The van der Waals surface area contributed by atoms with E-state index in [-0.39, 0.29) is 0 Å². The van der Waals surface area contributed by atoms with Crippen molar-refractivity contribution < 1.29 is 0 Å². The number of rotatable bonds is 6. The first-order valence-electron chi connectivity index (χ1n) is 4.60. The van der Waals surface area contributed by atoms with Gasteiger partial charge in [0, 0.05) is 3.58 Å². The molecule has 0 bridgehead atoms. The molecule has 0 spiro atoms. The quantitative estimate of drug-likeness (QED) is 0.285. The standard InChI is InChI=1S/C12H17I/c1-3-4-5-6-7-8-9-10-11-12(2)13/h4-5,8-11H,2-3,6-7H2,1H3/b5-4-,9-8+,11-10+. The van der Waals surface area contributed by atoms with Gasteiger partial charge in [0.25, 0.3) is 0 Å². The van der Waals surface area contributed by atoms with E-state index in [1.54, 1.807) is 0 Å². The van der Waals surface area contributed by atoms with Gasteiger partial charge in [-0.25, -0.2) is 0 Å². The molecule has 0 saturated carbocycles. The largest absolute Gasteiger partial charge is 0.0888 e. The van der Waals surface area contributed by atoms with Gasteiger partial charge in [0.05, 0.1) is 0 Å². The average molecular weight is 288 g/mol. The highest BCUT2D eigenvalue weighted by molar-refractivity contribution is 14.1. The molecule has 0 aliphatic carbocycles. The summed E-state index contributed by atoms with van der Waals surface area (Å²) in [5.41, 5.74) is 0. The van der Waals surface area contributed by atoms with E-state index in [0.717, 1.165) is 22.8 Å². The number of hydrogen-bond acceptors (Lipinski definition) is 0. The zero-order valence-corrected chi connectivity index (χ0v) is 10.3. The van der Waals surface area contributed by atoms with E-state index in [1.807, 2.05) is 12.2 Å².